The number of nitrogen functional groups attached to an aromatic ring is 2. The minimum atomic E-state index is -0.586. The average molecular weight is 476 g/mol. The van der Waals surface area contributed by atoms with E-state index >= 15 is 4.39 Å². The third-order valence-electron chi connectivity index (χ3n) is 6.87. The quantitative estimate of drug-likeness (QED) is 0.375. The van der Waals surface area contributed by atoms with Crippen LogP contribution in [0.2, 0.25) is 0 Å². The molecule has 1 aromatic carbocycles. The SMILES string of the molecule is COc1ncc(-c2cc3cc(NC(=O)[C@@H]4[C@H](C)[C@H]4c4cnn(C)c4)ncc3c(N)c2F)c(C)c1N. The first kappa shape index (κ1) is 22.6. The van der Waals surface area contributed by atoms with E-state index in [0.29, 0.717) is 33.4 Å². The largest absolute Gasteiger partial charge is 0.480 e. The molecule has 0 bridgehead atoms. The normalized spacial score (nSPS) is 19.1. The second-order valence-corrected chi connectivity index (χ2v) is 9.01. The third-order valence-corrected chi connectivity index (χ3v) is 6.87. The van der Waals surface area contributed by atoms with Crippen molar-refractivity contribution in [3.63, 3.8) is 0 Å². The molecule has 3 heterocycles. The fourth-order valence-corrected chi connectivity index (χ4v) is 4.79. The highest BCUT2D eigenvalue weighted by molar-refractivity contribution is 6.01. The summed E-state index contributed by atoms with van der Waals surface area (Å²) in [6.07, 6.45) is 6.70. The van der Waals surface area contributed by atoms with Gasteiger partial charge in [0.05, 0.1) is 24.7 Å². The first-order valence-corrected chi connectivity index (χ1v) is 11.2. The highest BCUT2D eigenvalue weighted by atomic mass is 19.1. The summed E-state index contributed by atoms with van der Waals surface area (Å²) in [6, 6.07) is 3.35. The number of pyridine rings is 2. The molecule has 5 N–H and O–H groups in total. The van der Waals surface area contributed by atoms with Crippen LogP contribution in [0.4, 0.5) is 21.6 Å². The minimum Gasteiger partial charge on any atom is -0.480 e. The Morgan fingerprint density at radius 3 is 2.60 bits per heavy atom. The van der Waals surface area contributed by atoms with Gasteiger partial charge in [0.25, 0.3) is 0 Å². The van der Waals surface area contributed by atoms with Crippen molar-refractivity contribution in [2.24, 2.45) is 18.9 Å². The second-order valence-electron chi connectivity index (χ2n) is 9.01. The fourth-order valence-electron chi connectivity index (χ4n) is 4.79. The lowest BCUT2D eigenvalue weighted by molar-refractivity contribution is -0.117. The predicted octanol–water partition coefficient (Wildman–Crippen LogP) is 3.64. The number of fused-ring (bicyclic) bond motifs is 1. The van der Waals surface area contributed by atoms with Gasteiger partial charge in [0, 0.05) is 54.0 Å². The topological polar surface area (TPSA) is 134 Å². The maximum Gasteiger partial charge on any atom is 0.237 e. The number of halogens is 1. The van der Waals surface area contributed by atoms with Gasteiger partial charge in [0.1, 0.15) is 5.82 Å². The zero-order valence-electron chi connectivity index (χ0n) is 19.8. The Labute approximate surface area is 201 Å². The first-order valence-electron chi connectivity index (χ1n) is 11.2. The number of nitrogens with two attached hydrogens (primary N) is 2. The van der Waals surface area contributed by atoms with E-state index in [-0.39, 0.29) is 40.8 Å². The Morgan fingerprint density at radius 2 is 1.91 bits per heavy atom. The fraction of sp³-hybridized carbons (Fsp3) is 0.280. The number of anilines is 3. The van der Waals surface area contributed by atoms with Gasteiger partial charge in [-0.2, -0.15) is 5.10 Å². The molecular weight excluding hydrogens is 449 g/mol. The molecule has 0 spiro atoms. The Balaban J connectivity index is 1.47. The average Bonchev–Trinajstić information content (AvgIpc) is 3.32. The van der Waals surface area contributed by atoms with Crippen LogP contribution in [0.25, 0.3) is 21.9 Å². The summed E-state index contributed by atoms with van der Waals surface area (Å²) in [5.74, 6) is 0.0966. The molecule has 1 saturated carbocycles. The van der Waals surface area contributed by atoms with Crippen LogP contribution in [-0.2, 0) is 11.8 Å². The van der Waals surface area contributed by atoms with Crippen LogP contribution in [0.1, 0.15) is 24.0 Å². The molecule has 0 aliphatic heterocycles. The number of nitrogens with zero attached hydrogens (tertiary/aromatic N) is 4. The smallest absolute Gasteiger partial charge is 0.237 e. The number of hydrogen-bond acceptors (Lipinski definition) is 7. The van der Waals surface area contributed by atoms with Crippen molar-refractivity contribution >= 4 is 33.9 Å². The van der Waals surface area contributed by atoms with Gasteiger partial charge in [0.15, 0.2) is 5.82 Å². The number of aromatic nitrogens is 4. The van der Waals surface area contributed by atoms with Gasteiger partial charge >= 0.3 is 0 Å². The van der Waals surface area contributed by atoms with Crippen molar-refractivity contribution < 1.29 is 13.9 Å². The Bertz CT molecular complexity index is 1480. The Kier molecular flexibility index (Phi) is 5.31. The molecule has 1 fully saturated rings. The Hall–Kier alpha value is -4.21. The van der Waals surface area contributed by atoms with Crippen LogP contribution in [0.15, 0.2) is 36.9 Å². The zero-order chi connectivity index (χ0) is 25.0. The van der Waals surface area contributed by atoms with Crippen molar-refractivity contribution in [1.29, 1.82) is 0 Å². The highest BCUT2D eigenvalue weighted by Crippen LogP contribution is 2.54. The van der Waals surface area contributed by atoms with Crippen LogP contribution >= 0.6 is 0 Å². The summed E-state index contributed by atoms with van der Waals surface area (Å²) in [6.45, 7) is 3.81. The third kappa shape index (κ3) is 3.71. The number of benzene rings is 1. The van der Waals surface area contributed by atoms with E-state index in [4.69, 9.17) is 16.2 Å². The lowest BCUT2D eigenvalue weighted by atomic mass is 9.97. The molecule has 1 amide bonds. The van der Waals surface area contributed by atoms with E-state index in [1.54, 1.807) is 29.9 Å². The van der Waals surface area contributed by atoms with Gasteiger partial charge in [0.2, 0.25) is 11.8 Å². The van der Waals surface area contributed by atoms with Crippen molar-refractivity contribution in [2.45, 2.75) is 19.8 Å². The van der Waals surface area contributed by atoms with Crippen LogP contribution in [0.5, 0.6) is 5.88 Å². The van der Waals surface area contributed by atoms with Crippen LogP contribution in [-0.4, -0.2) is 32.8 Å². The lowest BCUT2D eigenvalue weighted by Crippen LogP contribution is -2.16. The van der Waals surface area contributed by atoms with Gasteiger partial charge in [-0.25, -0.2) is 14.4 Å². The van der Waals surface area contributed by atoms with Gasteiger partial charge in [-0.3, -0.25) is 9.48 Å². The standard InChI is InChI=1S/C25H26FN7O2/c1-11-16(8-30-25(35-4)22(11)27)15-5-13-6-18(29-9-17(13)23(28)21(15)26)32-24(34)20-12(2)19(20)14-7-31-33(3)10-14/h5-10,12,19-20H,27-28H2,1-4H3,(H,29,32,34)/t12-,19+,20-/m1/s1. The van der Waals surface area contributed by atoms with Crippen molar-refractivity contribution in [3.05, 3.63) is 53.9 Å². The Morgan fingerprint density at radius 1 is 1.14 bits per heavy atom. The monoisotopic (exact) mass is 475 g/mol. The first-order chi connectivity index (χ1) is 16.7. The number of hydrogen-bond donors (Lipinski definition) is 3. The molecule has 5 rings (SSSR count). The maximum atomic E-state index is 15.3. The molecule has 0 saturated heterocycles. The van der Waals surface area contributed by atoms with Crippen LogP contribution in [0, 0.1) is 24.6 Å². The number of methoxy groups -OCH3 is 1. The summed E-state index contributed by atoms with van der Waals surface area (Å²) < 4.78 is 22.1. The van der Waals surface area contributed by atoms with Crippen LogP contribution in [0.3, 0.4) is 0 Å². The number of aryl methyl sites for hydroxylation is 1. The van der Waals surface area contributed by atoms with Crippen molar-refractivity contribution in [3.8, 4) is 17.0 Å². The summed E-state index contributed by atoms with van der Waals surface area (Å²) in [7, 11) is 3.32. The predicted molar refractivity (Wildman–Crippen MR) is 132 cm³/mol. The number of nitrogens with one attached hydrogen (secondary N) is 1. The van der Waals surface area contributed by atoms with Crippen molar-refractivity contribution in [2.75, 3.05) is 23.9 Å². The van der Waals surface area contributed by atoms with Crippen LogP contribution < -0.4 is 21.5 Å². The number of rotatable bonds is 5. The molecule has 0 unspecified atom stereocenters. The van der Waals surface area contributed by atoms with E-state index in [1.165, 1.54) is 19.5 Å². The molecular formula is C25H26FN7O2. The molecule has 35 heavy (non-hydrogen) atoms. The number of amides is 1. The van der Waals surface area contributed by atoms with E-state index in [0.717, 1.165) is 5.56 Å². The summed E-state index contributed by atoms with van der Waals surface area (Å²) in [5, 5.41) is 8.18. The molecule has 180 valence electrons. The molecule has 0 radical (unpaired) electrons. The number of ether oxygens (including phenoxy) is 1. The van der Waals surface area contributed by atoms with E-state index in [1.807, 2.05) is 20.2 Å². The van der Waals surface area contributed by atoms with Gasteiger partial charge < -0.3 is 21.5 Å². The summed E-state index contributed by atoms with van der Waals surface area (Å²) in [5.41, 5.74) is 14.9. The zero-order valence-corrected chi connectivity index (χ0v) is 19.8. The van der Waals surface area contributed by atoms with Crippen molar-refractivity contribution in [1.82, 2.24) is 19.7 Å². The molecule has 3 aromatic heterocycles. The van der Waals surface area contributed by atoms with Gasteiger partial charge in [-0.15, -0.1) is 0 Å². The van der Waals surface area contributed by atoms with E-state index in [9.17, 15) is 4.79 Å². The number of carbonyl (C=O) groups is 1. The molecule has 1 aliphatic carbocycles. The number of carbonyl (C=O) groups excluding carboxylic acids is 1. The lowest BCUT2D eigenvalue weighted by Gasteiger charge is -2.15. The molecule has 10 heteroatoms. The summed E-state index contributed by atoms with van der Waals surface area (Å²) in [4.78, 5) is 21.4. The molecule has 9 nitrogen and oxygen atoms in total. The molecule has 3 atom stereocenters. The van der Waals surface area contributed by atoms with E-state index in [2.05, 4.69) is 20.4 Å². The molecule has 4 aromatic rings. The van der Waals surface area contributed by atoms with E-state index < -0.39 is 5.82 Å². The minimum absolute atomic E-state index is 0.0378. The van der Waals surface area contributed by atoms with Gasteiger partial charge in [-0.05, 0) is 41.5 Å². The maximum absolute atomic E-state index is 15.3. The molecule has 1 aliphatic rings. The van der Waals surface area contributed by atoms with Gasteiger partial charge in [-0.1, -0.05) is 6.92 Å². The second kappa shape index (κ2) is 8.23. The highest BCUT2D eigenvalue weighted by Gasteiger charge is 2.52. The summed E-state index contributed by atoms with van der Waals surface area (Å²) >= 11 is 0.